The predicted octanol–water partition coefficient (Wildman–Crippen LogP) is 13.7. The Morgan fingerprint density at radius 2 is 1.13 bits per heavy atom. The number of aryl methyl sites for hydroxylation is 4. The number of nitrogens with one attached hydrogen (secondary N) is 3. The lowest BCUT2D eigenvalue weighted by Gasteiger charge is -2.48. The standard InChI is InChI=1S/C93H117N11O19/c1-21-57-50(3)65-41-66-52(5)59(25-30-75(105)106)71(96-66)44-72-60(53(6)68(97-72)43-70-58(22-2)51(4)67(95-70)42-69(57)94-65)26-31-79(110)123-39-38-121-37-35-104-49-56(102-103-104)24-23-36-122-83(114)47-90(11)61(27-32-76(107)115-15)73-45-74-89(9,10)62(28-33-77(108)116-16)84(99-74)54(7)87-91(12,46-81(112)119-19)64(40-80(111)118-18)88(100-87)93(14)92(13,48-82(113)120-20)63(29-34-78(109)117-17)85(101-93)55(8)86(90)98-73/h21-22,41-45,49,61-64,88,94,97,100H,1-2,23-40,46-48H2,3-20H3,(H,105,106)/b65-41?,66-41?,67-42?,68-43?,69-42?,70-43?,71-44?,72-44?,74-45-,86-55-,87-54-/t61-,62-,63-,64+,88?,90+,91-,92+,93+/m1/s1. The lowest BCUT2D eigenvalue weighted by molar-refractivity contribution is -0.148. The number of esters is 8. The number of hydrogen-bond acceptors (Lipinski definition) is 26. The molecule has 658 valence electrons. The first-order valence-electron chi connectivity index (χ1n) is 41.9. The number of carboxylic acids is 1. The molecule has 1 fully saturated rings. The maximum absolute atomic E-state index is 15.0. The molecule has 4 N–H and O–H groups in total. The van der Waals surface area contributed by atoms with Crippen molar-refractivity contribution >= 4 is 121 Å². The van der Waals surface area contributed by atoms with Crippen LogP contribution < -0.4 is 5.32 Å². The largest absolute Gasteiger partial charge is 0.481 e. The van der Waals surface area contributed by atoms with Gasteiger partial charge in [-0.25, -0.2) is 14.6 Å². The number of nitrogens with zero attached hydrogens (tertiary/aromatic N) is 8. The highest BCUT2D eigenvalue weighted by atomic mass is 16.6. The monoisotopic (exact) mass is 1690 g/mol. The maximum atomic E-state index is 15.0. The molecule has 30 heteroatoms. The maximum Gasteiger partial charge on any atom is 0.306 e. The van der Waals surface area contributed by atoms with Crippen LogP contribution in [0.5, 0.6) is 0 Å². The summed E-state index contributed by atoms with van der Waals surface area (Å²) in [7, 11) is 7.78. The number of H-pyrrole nitrogens is 2. The Kier molecular flexibility index (Phi) is 28.5. The van der Waals surface area contributed by atoms with Crippen LogP contribution in [0.3, 0.4) is 0 Å². The fourth-order valence-electron chi connectivity index (χ4n) is 19.5. The molecule has 1 saturated heterocycles. The highest BCUT2D eigenvalue weighted by Crippen LogP contribution is 2.63. The molecular formula is C93H117N11O19. The molecule has 7 aliphatic rings. The fraction of sp³-hybridized carbons (Fsp3) is 0.527. The number of carbonyl (C=O) groups is 9. The third-order valence-electron chi connectivity index (χ3n) is 26.9. The van der Waals surface area contributed by atoms with Gasteiger partial charge in [-0.2, -0.15) is 0 Å². The second-order valence-corrected chi connectivity index (χ2v) is 34.3. The number of methoxy groups -OCH3 is 6. The van der Waals surface area contributed by atoms with Gasteiger partial charge >= 0.3 is 53.7 Å². The Balaban J connectivity index is 0.815. The van der Waals surface area contributed by atoms with Gasteiger partial charge in [0, 0.05) is 145 Å². The lowest BCUT2D eigenvalue weighted by Crippen LogP contribution is -2.58. The molecule has 0 spiro atoms. The van der Waals surface area contributed by atoms with Crippen LogP contribution in [0.1, 0.15) is 210 Å². The zero-order chi connectivity index (χ0) is 89.5. The second kappa shape index (κ2) is 38.1. The van der Waals surface area contributed by atoms with E-state index < -0.39 is 111 Å². The van der Waals surface area contributed by atoms with E-state index in [1.807, 2.05) is 120 Å². The summed E-state index contributed by atoms with van der Waals surface area (Å²) in [5.41, 5.74) is 11.7. The van der Waals surface area contributed by atoms with Crippen molar-refractivity contribution in [1.29, 1.82) is 0 Å². The van der Waals surface area contributed by atoms with Crippen molar-refractivity contribution in [1.82, 2.24) is 40.2 Å². The smallest absolute Gasteiger partial charge is 0.306 e. The zero-order valence-electron chi connectivity index (χ0n) is 74.1. The molecule has 0 aromatic carbocycles. The Hall–Kier alpha value is -11.6. The molecule has 4 aromatic heterocycles. The van der Waals surface area contributed by atoms with Crippen LogP contribution in [-0.2, 0) is 105 Å². The molecule has 30 nitrogen and oxygen atoms in total. The average Bonchev–Trinajstić information content (AvgIpc) is 1.52. The number of ether oxygens (including phenoxy) is 9. The number of aliphatic carboxylic acids is 1. The van der Waals surface area contributed by atoms with Crippen molar-refractivity contribution in [2.45, 2.75) is 204 Å². The molecule has 7 aliphatic heterocycles. The van der Waals surface area contributed by atoms with Crippen molar-refractivity contribution in [2.75, 3.05) is 69.1 Å². The zero-order valence-corrected chi connectivity index (χ0v) is 74.1. The number of aromatic nitrogens is 7. The van der Waals surface area contributed by atoms with Crippen molar-refractivity contribution in [3.05, 3.63) is 135 Å². The van der Waals surface area contributed by atoms with Crippen LogP contribution >= 0.6 is 0 Å². The number of fused-ring (bicyclic) bond motifs is 14. The molecule has 0 radical (unpaired) electrons. The average molecular weight is 1690 g/mol. The van der Waals surface area contributed by atoms with Gasteiger partial charge in [0.2, 0.25) is 0 Å². The number of aromatic amines is 2. The molecule has 16 bridgehead atoms. The summed E-state index contributed by atoms with van der Waals surface area (Å²) < 4.78 is 51.6. The van der Waals surface area contributed by atoms with Gasteiger partial charge in [0.1, 0.15) is 6.61 Å². The normalized spacial score (nSPS) is 24.7. The number of aliphatic imine (C=N–C) groups is 3. The van der Waals surface area contributed by atoms with Crippen LogP contribution in [0, 0.1) is 59.2 Å². The Morgan fingerprint density at radius 1 is 0.545 bits per heavy atom. The lowest BCUT2D eigenvalue weighted by atomic mass is 9.56. The number of carbonyl (C=O) groups excluding carboxylic acids is 8. The van der Waals surface area contributed by atoms with Crippen molar-refractivity contribution in [3.63, 3.8) is 0 Å². The van der Waals surface area contributed by atoms with E-state index >= 15 is 4.79 Å². The molecular weight excluding hydrogens is 1580 g/mol. The van der Waals surface area contributed by atoms with Gasteiger partial charge in [-0.1, -0.05) is 65.1 Å². The second-order valence-electron chi connectivity index (χ2n) is 34.3. The van der Waals surface area contributed by atoms with Crippen molar-refractivity contribution in [3.8, 4) is 0 Å². The van der Waals surface area contributed by atoms with Gasteiger partial charge in [0.25, 0.3) is 0 Å². The Morgan fingerprint density at radius 3 is 1.78 bits per heavy atom. The molecule has 4 aromatic rings. The first-order chi connectivity index (χ1) is 58.4. The quantitative estimate of drug-likeness (QED) is 0.0189. The summed E-state index contributed by atoms with van der Waals surface area (Å²) in [6.45, 7) is 32.2. The van der Waals surface area contributed by atoms with Crippen LogP contribution in [0.2, 0.25) is 0 Å². The first-order valence-corrected chi connectivity index (χ1v) is 41.9. The van der Waals surface area contributed by atoms with Gasteiger partial charge < -0.3 is 63.0 Å². The number of rotatable bonds is 35. The minimum Gasteiger partial charge on any atom is -0.481 e. The Labute approximate surface area is 717 Å². The van der Waals surface area contributed by atoms with Gasteiger partial charge in [-0.05, 0) is 168 Å². The predicted molar refractivity (Wildman–Crippen MR) is 463 cm³/mol. The van der Waals surface area contributed by atoms with Gasteiger partial charge in [0.05, 0.1) is 140 Å². The van der Waals surface area contributed by atoms with E-state index in [0.29, 0.717) is 99.5 Å². The fourth-order valence-corrected chi connectivity index (χ4v) is 19.5. The third kappa shape index (κ3) is 18.7. The topological polar surface area (TPSA) is 394 Å². The van der Waals surface area contributed by atoms with Gasteiger partial charge in [0.15, 0.2) is 0 Å². The van der Waals surface area contributed by atoms with E-state index in [9.17, 15) is 43.5 Å². The molecule has 1 unspecified atom stereocenters. The summed E-state index contributed by atoms with van der Waals surface area (Å²) >= 11 is 0. The van der Waals surface area contributed by atoms with Gasteiger partial charge in [-0.15, -0.1) is 5.10 Å². The molecule has 11 rings (SSSR count). The number of carboxylic acid groups (broad SMARTS) is 1. The molecule has 9 atom stereocenters. The van der Waals surface area contributed by atoms with Crippen molar-refractivity contribution in [2.24, 2.45) is 60.3 Å². The van der Waals surface area contributed by atoms with E-state index in [0.717, 1.165) is 66.8 Å². The van der Waals surface area contributed by atoms with E-state index in [1.165, 1.54) is 42.7 Å². The van der Waals surface area contributed by atoms with E-state index in [4.69, 9.17) is 67.6 Å². The summed E-state index contributed by atoms with van der Waals surface area (Å²) in [6.07, 6.45) is 7.80. The number of allylic oxidation sites excluding steroid dienone is 11. The summed E-state index contributed by atoms with van der Waals surface area (Å²) in [4.78, 5) is 158. The molecule has 123 heavy (non-hydrogen) atoms. The third-order valence-corrected chi connectivity index (χ3v) is 26.9. The van der Waals surface area contributed by atoms with E-state index in [1.54, 1.807) is 17.0 Å². The Bertz CT molecular complexity index is 5390. The SMILES string of the molecule is C=CC1=C(C)c2cc3[nH]c(cc4nc(cc5[nH]c(cc1n2)c(C)c5CCC(=O)OCCOCCn1cc(CCCOC(=O)C[C@]2(C)/C5=C(\C)C6=N[C@@](C)(C7N/C(=C(/C)C8=N/C(=C\C(=N5)[C@H]2CCC(=O)OC)C(C)(C)[C@@H]8CCC(=O)OC)[C@](C)(CC(=O)OC)[C@H]7CC(=O)OC)[C@@](C)(CC(=O)OC)[C@@H]6CCC(=O)OC)nn1)C(CCC(=O)O)=C4C)c(C)c3C=C. The van der Waals surface area contributed by atoms with E-state index in [-0.39, 0.29) is 110 Å². The van der Waals surface area contributed by atoms with Crippen LogP contribution in [0.25, 0.3) is 50.4 Å². The highest BCUT2D eigenvalue weighted by molar-refractivity contribution is 6.10. The minimum atomic E-state index is -1.45. The highest BCUT2D eigenvalue weighted by Gasteiger charge is 2.67. The van der Waals surface area contributed by atoms with Crippen molar-refractivity contribution < 1.29 is 90.9 Å². The van der Waals surface area contributed by atoms with Crippen LogP contribution in [0.15, 0.2) is 99.0 Å². The van der Waals surface area contributed by atoms with E-state index in [2.05, 4.69) is 38.8 Å². The number of hydrogen-bond donors (Lipinski definition) is 4. The summed E-state index contributed by atoms with van der Waals surface area (Å²) in [5, 5.41) is 22.4. The first kappa shape index (κ1) is 92.2. The minimum absolute atomic E-state index is 0.00690. The van der Waals surface area contributed by atoms with Crippen LogP contribution in [-0.4, -0.2) is 192 Å². The molecule has 0 aliphatic carbocycles. The van der Waals surface area contributed by atoms with Gasteiger partial charge in [-0.3, -0.25) is 58.1 Å². The molecule has 11 heterocycles. The molecule has 0 amide bonds. The molecule has 0 saturated carbocycles. The summed E-state index contributed by atoms with van der Waals surface area (Å²) in [5.74, 6) is -7.97. The summed E-state index contributed by atoms with van der Waals surface area (Å²) in [6, 6.07) is 6.98. The van der Waals surface area contributed by atoms with Crippen LogP contribution in [0.4, 0.5) is 0 Å².